The molecule has 1 aromatic carbocycles. The predicted molar refractivity (Wildman–Crippen MR) is 69.8 cm³/mol. The summed E-state index contributed by atoms with van der Waals surface area (Å²) in [6.07, 6.45) is 3.52. The van der Waals surface area contributed by atoms with Crippen LogP contribution in [-0.2, 0) is 11.2 Å². The summed E-state index contributed by atoms with van der Waals surface area (Å²) in [5.41, 5.74) is 2.28. The first-order valence-electron chi connectivity index (χ1n) is 5.36. The molecule has 0 radical (unpaired) electrons. The van der Waals surface area contributed by atoms with Crippen LogP contribution in [0.5, 0.6) is 0 Å². The maximum absolute atomic E-state index is 10.6. The number of benzene rings is 1. The molecule has 0 aliphatic rings. The zero-order valence-corrected chi connectivity index (χ0v) is 11.0. The van der Waals surface area contributed by atoms with Crippen molar-refractivity contribution in [1.29, 1.82) is 0 Å². The van der Waals surface area contributed by atoms with Gasteiger partial charge in [0.1, 0.15) is 6.29 Å². The molecule has 1 aromatic heterocycles. The van der Waals surface area contributed by atoms with Crippen molar-refractivity contribution in [2.45, 2.75) is 26.3 Å². The molecule has 0 unspecified atom stereocenters. The van der Waals surface area contributed by atoms with Crippen molar-refractivity contribution in [1.82, 2.24) is 4.57 Å². The number of fused-ring (bicyclic) bond motifs is 1. The van der Waals surface area contributed by atoms with Crippen LogP contribution in [0.25, 0.3) is 10.9 Å². The summed E-state index contributed by atoms with van der Waals surface area (Å²) in [5.74, 6) is 0. The second-order valence-electron chi connectivity index (χ2n) is 4.19. The summed E-state index contributed by atoms with van der Waals surface area (Å²) < 4.78 is 3.27. The molecule has 0 aliphatic carbocycles. The Morgan fingerprint density at radius 2 is 2.19 bits per heavy atom. The van der Waals surface area contributed by atoms with E-state index in [1.165, 1.54) is 10.9 Å². The molecule has 1 heterocycles. The number of halogens is 1. The Hall–Kier alpha value is -1.09. The quantitative estimate of drug-likeness (QED) is 0.785. The number of carbonyl (C=O) groups is 1. The number of hydrogen-bond donors (Lipinski definition) is 0. The Morgan fingerprint density at radius 1 is 1.44 bits per heavy atom. The lowest BCUT2D eigenvalue weighted by Gasteiger charge is -2.08. The molecule has 0 amide bonds. The van der Waals surface area contributed by atoms with Crippen molar-refractivity contribution in [2.24, 2.45) is 0 Å². The molecule has 0 bridgehead atoms. The molecule has 16 heavy (non-hydrogen) atoms. The predicted octanol–water partition coefficient (Wildman–Crippen LogP) is 3.73. The van der Waals surface area contributed by atoms with E-state index < -0.39 is 0 Å². The summed E-state index contributed by atoms with van der Waals surface area (Å²) >= 11 is 3.48. The topological polar surface area (TPSA) is 22.0 Å². The fourth-order valence-corrected chi connectivity index (χ4v) is 2.33. The van der Waals surface area contributed by atoms with Crippen LogP contribution in [0, 0.1) is 0 Å². The van der Waals surface area contributed by atoms with Gasteiger partial charge in [-0.2, -0.15) is 0 Å². The molecule has 0 atom stereocenters. The highest BCUT2D eigenvalue weighted by Gasteiger charge is 2.10. The monoisotopic (exact) mass is 279 g/mol. The Morgan fingerprint density at radius 3 is 2.81 bits per heavy atom. The minimum Gasteiger partial charge on any atom is -0.345 e. The Bertz CT molecular complexity index is 528. The van der Waals surface area contributed by atoms with E-state index in [2.05, 4.69) is 52.7 Å². The summed E-state index contributed by atoms with van der Waals surface area (Å²) in [6, 6.07) is 6.58. The van der Waals surface area contributed by atoms with Crippen LogP contribution in [0.4, 0.5) is 0 Å². The van der Waals surface area contributed by atoms with Crippen molar-refractivity contribution < 1.29 is 4.79 Å². The van der Waals surface area contributed by atoms with Crippen LogP contribution in [0.2, 0.25) is 0 Å². The number of aromatic nitrogens is 1. The summed E-state index contributed by atoms with van der Waals surface area (Å²) in [5, 5.41) is 1.17. The van der Waals surface area contributed by atoms with Gasteiger partial charge < -0.3 is 9.36 Å². The standard InChI is InChI=1S/C13H14BrNO/c1-9(2)15-8-10(5-6-16)12-4-3-11(14)7-13(12)15/h3-4,6-9H,5H2,1-2H3. The Labute approximate surface area is 103 Å². The molecule has 3 heteroatoms. The van der Waals surface area contributed by atoms with E-state index in [-0.39, 0.29) is 0 Å². The smallest absolute Gasteiger partial charge is 0.124 e. The van der Waals surface area contributed by atoms with Gasteiger partial charge in [-0.15, -0.1) is 0 Å². The molecular formula is C13H14BrNO. The average molecular weight is 280 g/mol. The number of aldehydes is 1. The molecule has 0 saturated heterocycles. The third kappa shape index (κ3) is 1.92. The second-order valence-corrected chi connectivity index (χ2v) is 5.10. The van der Waals surface area contributed by atoms with E-state index >= 15 is 0 Å². The fourth-order valence-electron chi connectivity index (χ4n) is 1.98. The van der Waals surface area contributed by atoms with Gasteiger partial charge in [-0.1, -0.05) is 22.0 Å². The Balaban J connectivity index is 2.70. The SMILES string of the molecule is CC(C)n1cc(CC=O)c2ccc(Br)cc21. The zero-order chi connectivity index (χ0) is 11.7. The third-order valence-electron chi connectivity index (χ3n) is 2.74. The fraction of sp³-hybridized carbons (Fsp3) is 0.308. The molecule has 84 valence electrons. The maximum atomic E-state index is 10.6. The van der Waals surface area contributed by atoms with Crippen LogP contribution in [0.3, 0.4) is 0 Å². The van der Waals surface area contributed by atoms with Gasteiger partial charge in [0, 0.05) is 34.0 Å². The molecule has 2 rings (SSSR count). The summed E-state index contributed by atoms with van der Waals surface area (Å²) in [6.45, 7) is 4.29. The summed E-state index contributed by atoms with van der Waals surface area (Å²) in [4.78, 5) is 10.6. The van der Waals surface area contributed by atoms with Crippen molar-refractivity contribution in [3.63, 3.8) is 0 Å². The van der Waals surface area contributed by atoms with Crippen LogP contribution in [0.15, 0.2) is 28.9 Å². The molecular weight excluding hydrogens is 266 g/mol. The molecule has 0 spiro atoms. The van der Waals surface area contributed by atoms with Crippen LogP contribution in [0.1, 0.15) is 25.5 Å². The number of rotatable bonds is 3. The third-order valence-corrected chi connectivity index (χ3v) is 3.23. The normalized spacial score (nSPS) is 11.2. The van der Waals surface area contributed by atoms with E-state index in [0.29, 0.717) is 12.5 Å². The van der Waals surface area contributed by atoms with Crippen molar-refractivity contribution in [3.8, 4) is 0 Å². The van der Waals surface area contributed by atoms with Crippen molar-refractivity contribution in [3.05, 3.63) is 34.4 Å². The molecule has 0 fully saturated rings. The van der Waals surface area contributed by atoms with Gasteiger partial charge in [0.2, 0.25) is 0 Å². The first-order valence-corrected chi connectivity index (χ1v) is 6.15. The van der Waals surface area contributed by atoms with E-state index in [1.807, 2.05) is 6.07 Å². The van der Waals surface area contributed by atoms with Gasteiger partial charge in [-0.25, -0.2) is 0 Å². The first-order chi connectivity index (χ1) is 7.63. The van der Waals surface area contributed by atoms with Gasteiger partial charge >= 0.3 is 0 Å². The van der Waals surface area contributed by atoms with E-state index in [0.717, 1.165) is 16.3 Å². The molecule has 0 saturated carbocycles. The van der Waals surface area contributed by atoms with Crippen LogP contribution >= 0.6 is 15.9 Å². The molecule has 2 aromatic rings. The van der Waals surface area contributed by atoms with Gasteiger partial charge in [0.15, 0.2) is 0 Å². The average Bonchev–Trinajstić information content (AvgIpc) is 2.57. The maximum Gasteiger partial charge on any atom is 0.124 e. The minimum absolute atomic E-state index is 0.400. The van der Waals surface area contributed by atoms with Gasteiger partial charge in [0.25, 0.3) is 0 Å². The first kappa shape index (κ1) is 11.4. The second kappa shape index (κ2) is 4.42. The zero-order valence-electron chi connectivity index (χ0n) is 9.40. The van der Waals surface area contributed by atoms with Crippen molar-refractivity contribution in [2.75, 3.05) is 0 Å². The number of carbonyl (C=O) groups excluding carboxylic acids is 1. The Kier molecular flexibility index (Phi) is 3.15. The minimum atomic E-state index is 0.400. The van der Waals surface area contributed by atoms with Gasteiger partial charge in [-0.3, -0.25) is 0 Å². The number of nitrogens with zero attached hydrogens (tertiary/aromatic N) is 1. The lowest BCUT2D eigenvalue weighted by atomic mass is 10.1. The highest BCUT2D eigenvalue weighted by atomic mass is 79.9. The number of hydrogen-bond acceptors (Lipinski definition) is 1. The lowest BCUT2D eigenvalue weighted by Crippen LogP contribution is -1.97. The summed E-state index contributed by atoms with van der Waals surface area (Å²) in [7, 11) is 0. The van der Waals surface area contributed by atoms with E-state index in [9.17, 15) is 4.79 Å². The highest BCUT2D eigenvalue weighted by molar-refractivity contribution is 9.10. The molecule has 0 N–H and O–H groups in total. The van der Waals surface area contributed by atoms with Crippen LogP contribution in [-0.4, -0.2) is 10.9 Å². The largest absolute Gasteiger partial charge is 0.345 e. The van der Waals surface area contributed by atoms with E-state index in [1.54, 1.807) is 0 Å². The molecule has 2 nitrogen and oxygen atoms in total. The van der Waals surface area contributed by atoms with Crippen molar-refractivity contribution >= 4 is 33.1 Å². The lowest BCUT2D eigenvalue weighted by molar-refractivity contribution is -0.107. The van der Waals surface area contributed by atoms with Crippen LogP contribution < -0.4 is 0 Å². The van der Waals surface area contributed by atoms with Gasteiger partial charge in [-0.05, 0) is 31.5 Å². The molecule has 0 aliphatic heterocycles. The van der Waals surface area contributed by atoms with Gasteiger partial charge in [0.05, 0.1) is 0 Å². The highest BCUT2D eigenvalue weighted by Crippen LogP contribution is 2.27. The van der Waals surface area contributed by atoms with E-state index in [4.69, 9.17) is 0 Å².